The Kier molecular flexibility index (Phi) is 5.58. The highest BCUT2D eigenvalue weighted by Gasteiger charge is 2.12. The molecule has 5 nitrogen and oxygen atoms in total. The number of aromatic nitrogens is 3. The van der Waals surface area contributed by atoms with Crippen molar-refractivity contribution in [1.82, 2.24) is 15.0 Å². The van der Waals surface area contributed by atoms with Crippen molar-refractivity contribution in [1.29, 1.82) is 0 Å². The van der Waals surface area contributed by atoms with E-state index in [2.05, 4.69) is 57.2 Å². The molecule has 0 spiro atoms. The van der Waals surface area contributed by atoms with Crippen molar-refractivity contribution in [2.75, 3.05) is 26.3 Å². The van der Waals surface area contributed by atoms with Crippen LogP contribution in [-0.4, -0.2) is 52.0 Å². The Morgan fingerprint density at radius 1 is 0.677 bits per heavy atom. The van der Waals surface area contributed by atoms with Gasteiger partial charge in [-0.2, -0.15) is 0 Å². The summed E-state index contributed by atoms with van der Waals surface area (Å²) in [6.45, 7) is 3.45. The van der Waals surface area contributed by atoms with E-state index < -0.39 is 0 Å². The molecule has 0 unspecified atom stereocenters. The second-order valence-corrected chi connectivity index (χ2v) is 7.46. The van der Waals surface area contributed by atoms with Crippen LogP contribution in [0.25, 0.3) is 33.9 Å². The summed E-state index contributed by atoms with van der Waals surface area (Å²) in [4.78, 5) is 13.8. The minimum Gasteiger partial charge on any atom is -0.368 e. The van der Waals surface area contributed by atoms with Crippen LogP contribution in [0.5, 0.6) is 0 Å². The van der Waals surface area contributed by atoms with Crippen molar-refractivity contribution in [3.8, 4) is 33.9 Å². The molecule has 0 saturated carbocycles. The molecule has 4 heterocycles. The summed E-state index contributed by atoms with van der Waals surface area (Å²) in [5, 5.41) is 0. The van der Waals surface area contributed by atoms with Crippen molar-refractivity contribution >= 4 is 6.21 Å². The molecule has 0 bridgehead atoms. The summed E-state index contributed by atoms with van der Waals surface area (Å²) in [7, 11) is 0. The molecule has 0 amide bonds. The number of ether oxygens (including phenoxy) is 1. The van der Waals surface area contributed by atoms with Gasteiger partial charge < -0.3 is 4.74 Å². The molecule has 152 valence electrons. The minimum absolute atomic E-state index is 0.790. The van der Waals surface area contributed by atoms with Crippen LogP contribution in [0, 0.1) is 0 Å². The maximum absolute atomic E-state index is 5.43. The Bertz CT molecular complexity index is 1120. The van der Waals surface area contributed by atoms with Gasteiger partial charge in [-0.3, -0.25) is 9.97 Å². The molecule has 3 aromatic heterocycles. The average Bonchev–Trinajstić information content (AvgIpc) is 2.86. The molecule has 1 aliphatic rings. The van der Waals surface area contributed by atoms with Gasteiger partial charge in [0.1, 0.15) is 13.2 Å². The summed E-state index contributed by atoms with van der Waals surface area (Å²) in [6, 6.07) is 24.6. The molecule has 5 heteroatoms. The minimum atomic E-state index is 0.790. The van der Waals surface area contributed by atoms with Crippen molar-refractivity contribution < 1.29 is 9.31 Å². The van der Waals surface area contributed by atoms with E-state index in [9.17, 15) is 0 Å². The van der Waals surface area contributed by atoms with Gasteiger partial charge in [-0.25, -0.2) is 9.56 Å². The van der Waals surface area contributed by atoms with E-state index in [0.29, 0.717) is 0 Å². The van der Waals surface area contributed by atoms with Crippen LogP contribution in [0.3, 0.4) is 0 Å². The zero-order chi connectivity index (χ0) is 20.9. The average molecular weight is 407 g/mol. The fraction of sp³-hybridized carbons (Fsp3) is 0.154. The summed E-state index contributed by atoms with van der Waals surface area (Å²) < 4.78 is 7.74. The molecule has 4 aromatic rings. The van der Waals surface area contributed by atoms with Gasteiger partial charge in [-0.15, -0.1) is 0 Å². The second-order valence-electron chi connectivity index (χ2n) is 7.46. The SMILES string of the molecule is C(c1ccc(-c2cc(-c3ccccn3)nc(-c3ccccn3)c2)cc1)=[N+]1CCOCC1. The summed E-state index contributed by atoms with van der Waals surface area (Å²) in [5.41, 5.74) is 6.78. The van der Waals surface area contributed by atoms with E-state index in [1.165, 1.54) is 5.56 Å². The largest absolute Gasteiger partial charge is 0.368 e. The molecule has 31 heavy (non-hydrogen) atoms. The Labute approximate surface area is 181 Å². The number of pyridine rings is 3. The lowest BCUT2D eigenvalue weighted by atomic mass is 10.0. The van der Waals surface area contributed by atoms with Crippen LogP contribution in [0.1, 0.15) is 5.56 Å². The van der Waals surface area contributed by atoms with E-state index in [-0.39, 0.29) is 0 Å². The molecular weight excluding hydrogens is 384 g/mol. The first-order valence-electron chi connectivity index (χ1n) is 10.5. The van der Waals surface area contributed by atoms with Crippen molar-refractivity contribution in [3.05, 3.63) is 90.8 Å². The second kappa shape index (κ2) is 8.98. The Morgan fingerprint density at radius 2 is 1.29 bits per heavy atom. The van der Waals surface area contributed by atoms with Crippen LogP contribution in [-0.2, 0) is 4.74 Å². The van der Waals surface area contributed by atoms with E-state index >= 15 is 0 Å². The van der Waals surface area contributed by atoms with E-state index in [4.69, 9.17) is 9.72 Å². The molecule has 1 aromatic carbocycles. The summed E-state index contributed by atoms with van der Waals surface area (Å²) in [5.74, 6) is 0. The number of hydrogen-bond donors (Lipinski definition) is 0. The molecule has 1 fully saturated rings. The fourth-order valence-electron chi connectivity index (χ4n) is 3.67. The maximum Gasteiger partial charge on any atom is 0.170 e. The van der Waals surface area contributed by atoms with Crippen LogP contribution in [0.15, 0.2) is 85.2 Å². The molecule has 1 aliphatic heterocycles. The van der Waals surface area contributed by atoms with Gasteiger partial charge in [0.25, 0.3) is 0 Å². The smallest absolute Gasteiger partial charge is 0.170 e. The third kappa shape index (κ3) is 4.57. The summed E-state index contributed by atoms with van der Waals surface area (Å²) >= 11 is 0. The number of benzene rings is 1. The lowest BCUT2D eigenvalue weighted by molar-refractivity contribution is -0.544. The first kappa shape index (κ1) is 19.3. The summed E-state index contributed by atoms with van der Waals surface area (Å²) in [6.07, 6.45) is 5.79. The first-order chi connectivity index (χ1) is 15.3. The highest BCUT2D eigenvalue weighted by molar-refractivity contribution is 5.79. The normalized spacial score (nSPS) is 13.7. The van der Waals surface area contributed by atoms with Crippen LogP contribution in [0.2, 0.25) is 0 Å². The van der Waals surface area contributed by atoms with Gasteiger partial charge >= 0.3 is 0 Å². The predicted octanol–water partition coefficient (Wildman–Crippen LogP) is 4.33. The lowest BCUT2D eigenvalue weighted by Gasteiger charge is -2.11. The van der Waals surface area contributed by atoms with Gasteiger partial charge in [0, 0.05) is 18.0 Å². The lowest BCUT2D eigenvalue weighted by Crippen LogP contribution is -2.29. The fourth-order valence-corrected chi connectivity index (χ4v) is 3.67. The van der Waals surface area contributed by atoms with Crippen LogP contribution in [0.4, 0.5) is 0 Å². The van der Waals surface area contributed by atoms with Crippen molar-refractivity contribution in [3.63, 3.8) is 0 Å². The van der Waals surface area contributed by atoms with Gasteiger partial charge in [0.2, 0.25) is 0 Å². The molecular formula is C26H23N4O+. The van der Waals surface area contributed by atoms with Crippen molar-refractivity contribution in [2.24, 2.45) is 0 Å². The number of hydrogen-bond acceptors (Lipinski definition) is 4. The maximum atomic E-state index is 5.43. The third-order valence-corrected chi connectivity index (χ3v) is 5.30. The van der Waals surface area contributed by atoms with E-state index in [1.54, 1.807) is 12.4 Å². The zero-order valence-corrected chi connectivity index (χ0v) is 17.2. The molecule has 0 radical (unpaired) electrons. The van der Waals surface area contributed by atoms with Gasteiger partial charge in [-0.1, -0.05) is 24.3 Å². The number of nitrogens with zero attached hydrogens (tertiary/aromatic N) is 4. The Morgan fingerprint density at radius 3 is 1.84 bits per heavy atom. The zero-order valence-electron chi connectivity index (χ0n) is 17.2. The van der Waals surface area contributed by atoms with Crippen LogP contribution < -0.4 is 0 Å². The molecule has 5 rings (SSSR count). The monoisotopic (exact) mass is 407 g/mol. The van der Waals surface area contributed by atoms with Crippen LogP contribution >= 0.6 is 0 Å². The highest BCUT2D eigenvalue weighted by atomic mass is 16.5. The van der Waals surface area contributed by atoms with Gasteiger partial charge in [0.05, 0.1) is 22.8 Å². The highest BCUT2D eigenvalue weighted by Crippen LogP contribution is 2.28. The van der Waals surface area contributed by atoms with E-state index in [1.807, 2.05) is 36.4 Å². The van der Waals surface area contributed by atoms with Gasteiger partial charge in [0.15, 0.2) is 19.3 Å². The quantitative estimate of drug-likeness (QED) is 0.473. The number of morpholine rings is 1. The first-order valence-corrected chi connectivity index (χ1v) is 10.5. The topological polar surface area (TPSA) is 50.9 Å². The molecule has 0 aliphatic carbocycles. The molecule has 1 saturated heterocycles. The van der Waals surface area contributed by atoms with Crippen molar-refractivity contribution in [2.45, 2.75) is 0 Å². The molecule has 0 atom stereocenters. The Balaban J connectivity index is 1.53. The molecule has 0 N–H and O–H groups in total. The third-order valence-electron chi connectivity index (χ3n) is 5.30. The standard InChI is InChI=1S/C26H23N4O/c1-3-11-27-23(5-1)25-17-22(18-26(29-25)24-6-2-4-12-28-24)21-9-7-20(8-10-21)19-30-13-15-31-16-14-30/h1-12,17-19H,13-16H2/q+1. The Hall–Kier alpha value is -3.70. The van der Waals surface area contributed by atoms with Gasteiger partial charge in [-0.05, 0) is 59.7 Å². The number of rotatable bonds is 4. The van der Waals surface area contributed by atoms with E-state index in [0.717, 1.165) is 60.2 Å². The predicted molar refractivity (Wildman–Crippen MR) is 122 cm³/mol.